The topological polar surface area (TPSA) is 16.1 Å². The lowest BCUT2D eigenvalue weighted by Crippen LogP contribution is -2.35. The first-order chi connectivity index (χ1) is 8.20. The largest absolute Gasteiger partial charge is 0.357 e. The molecule has 0 saturated heterocycles. The van der Waals surface area contributed by atoms with E-state index in [1.165, 1.54) is 25.7 Å². The van der Waals surface area contributed by atoms with Gasteiger partial charge >= 0.3 is 0 Å². The van der Waals surface area contributed by atoms with Crippen molar-refractivity contribution in [1.29, 1.82) is 0 Å². The quantitative estimate of drug-likeness (QED) is 0.760. The summed E-state index contributed by atoms with van der Waals surface area (Å²) in [5.74, 6) is 2.44. The SMILES string of the molecule is CC1CCC(N(C)c2cccc(CCl)n2)CC1. The molecule has 1 aromatic heterocycles. The number of pyridine rings is 1. The summed E-state index contributed by atoms with van der Waals surface area (Å²) in [6.45, 7) is 2.35. The van der Waals surface area contributed by atoms with Crippen molar-refractivity contribution in [2.45, 2.75) is 44.5 Å². The molecule has 1 aromatic rings. The molecule has 0 aromatic carbocycles. The summed E-state index contributed by atoms with van der Waals surface area (Å²) in [6, 6.07) is 6.74. The van der Waals surface area contributed by atoms with Gasteiger partial charge in [0.15, 0.2) is 0 Å². The second-order valence-electron chi connectivity index (χ2n) is 5.15. The first-order valence-electron chi connectivity index (χ1n) is 6.45. The van der Waals surface area contributed by atoms with Gasteiger partial charge in [-0.15, -0.1) is 11.6 Å². The van der Waals surface area contributed by atoms with Crippen molar-refractivity contribution < 1.29 is 0 Å². The number of hydrogen-bond donors (Lipinski definition) is 0. The summed E-state index contributed by atoms with van der Waals surface area (Å²) < 4.78 is 0. The van der Waals surface area contributed by atoms with Crippen LogP contribution in [-0.4, -0.2) is 18.1 Å². The molecule has 0 atom stereocenters. The van der Waals surface area contributed by atoms with Gasteiger partial charge in [-0.3, -0.25) is 0 Å². The Bertz CT molecular complexity index is 359. The molecule has 0 aliphatic heterocycles. The van der Waals surface area contributed by atoms with E-state index in [9.17, 15) is 0 Å². The molecule has 1 aliphatic rings. The molecular weight excluding hydrogens is 232 g/mol. The number of hydrogen-bond acceptors (Lipinski definition) is 2. The number of anilines is 1. The summed E-state index contributed by atoms with van der Waals surface area (Å²) >= 11 is 5.83. The maximum Gasteiger partial charge on any atom is 0.128 e. The van der Waals surface area contributed by atoms with Crippen LogP contribution in [0.15, 0.2) is 18.2 Å². The summed E-state index contributed by atoms with van der Waals surface area (Å²) in [5, 5.41) is 0. The maximum absolute atomic E-state index is 5.83. The van der Waals surface area contributed by atoms with E-state index >= 15 is 0 Å². The average molecular weight is 253 g/mol. The van der Waals surface area contributed by atoms with Gasteiger partial charge in [0.2, 0.25) is 0 Å². The Labute approximate surface area is 109 Å². The van der Waals surface area contributed by atoms with E-state index in [-0.39, 0.29) is 0 Å². The molecule has 1 saturated carbocycles. The normalized spacial score (nSPS) is 24.6. The van der Waals surface area contributed by atoms with E-state index in [0.29, 0.717) is 11.9 Å². The van der Waals surface area contributed by atoms with E-state index in [4.69, 9.17) is 11.6 Å². The highest BCUT2D eigenvalue weighted by Gasteiger charge is 2.22. The Morgan fingerprint density at radius 1 is 1.29 bits per heavy atom. The van der Waals surface area contributed by atoms with Gasteiger partial charge in [-0.05, 0) is 43.7 Å². The van der Waals surface area contributed by atoms with Crippen LogP contribution in [0.2, 0.25) is 0 Å². The predicted molar refractivity (Wildman–Crippen MR) is 73.6 cm³/mol. The van der Waals surface area contributed by atoms with Crippen LogP contribution in [0.4, 0.5) is 5.82 Å². The maximum atomic E-state index is 5.83. The van der Waals surface area contributed by atoms with Gasteiger partial charge in [0, 0.05) is 13.1 Å². The second kappa shape index (κ2) is 5.72. The van der Waals surface area contributed by atoms with Crippen LogP contribution < -0.4 is 4.90 Å². The fraction of sp³-hybridized carbons (Fsp3) is 0.643. The van der Waals surface area contributed by atoms with E-state index < -0.39 is 0 Å². The van der Waals surface area contributed by atoms with Gasteiger partial charge in [-0.2, -0.15) is 0 Å². The molecule has 17 heavy (non-hydrogen) atoms. The molecule has 2 rings (SSSR count). The highest BCUT2D eigenvalue weighted by Crippen LogP contribution is 2.28. The molecule has 2 nitrogen and oxygen atoms in total. The molecule has 0 spiro atoms. The smallest absolute Gasteiger partial charge is 0.128 e. The van der Waals surface area contributed by atoms with Gasteiger partial charge < -0.3 is 4.90 Å². The minimum Gasteiger partial charge on any atom is -0.357 e. The third kappa shape index (κ3) is 3.12. The van der Waals surface area contributed by atoms with E-state index in [1.54, 1.807) is 0 Å². The van der Waals surface area contributed by atoms with Crippen molar-refractivity contribution in [2.75, 3.05) is 11.9 Å². The Balaban J connectivity index is 2.05. The molecule has 1 aliphatic carbocycles. The molecule has 1 heterocycles. The minimum absolute atomic E-state index is 0.489. The summed E-state index contributed by atoms with van der Waals surface area (Å²) in [5.41, 5.74) is 0.959. The van der Waals surface area contributed by atoms with Gasteiger partial charge in [0.05, 0.1) is 11.6 Å². The second-order valence-corrected chi connectivity index (χ2v) is 5.41. The van der Waals surface area contributed by atoms with E-state index in [2.05, 4.69) is 29.9 Å². The monoisotopic (exact) mass is 252 g/mol. The minimum atomic E-state index is 0.489. The van der Waals surface area contributed by atoms with Gasteiger partial charge in [-0.1, -0.05) is 13.0 Å². The molecule has 94 valence electrons. The van der Waals surface area contributed by atoms with Crippen molar-refractivity contribution in [3.8, 4) is 0 Å². The third-order valence-electron chi connectivity index (χ3n) is 3.82. The standard InChI is InChI=1S/C14H21ClN2/c1-11-6-8-13(9-7-11)17(2)14-5-3-4-12(10-15)16-14/h3-5,11,13H,6-10H2,1-2H3. The van der Waals surface area contributed by atoms with E-state index in [1.807, 2.05) is 12.1 Å². The van der Waals surface area contributed by atoms with Crippen LogP contribution >= 0.6 is 11.6 Å². The Hall–Kier alpha value is -0.760. The summed E-state index contributed by atoms with van der Waals surface area (Å²) in [4.78, 5) is 6.90. The lowest BCUT2D eigenvalue weighted by atomic mass is 9.87. The molecular formula is C14H21ClN2. The van der Waals surface area contributed by atoms with Crippen molar-refractivity contribution in [1.82, 2.24) is 4.98 Å². The average Bonchev–Trinajstić information content (AvgIpc) is 2.39. The van der Waals surface area contributed by atoms with Crippen LogP contribution in [0, 0.1) is 5.92 Å². The van der Waals surface area contributed by atoms with Crippen molar-refractivity contribution in [2.24, 2.45) is 5.92 Å². The molecule has 0 N–H and O–H groups in total. The predicted octanol–water partition coefficient (Wildman–Crippen LogP) is 3.84. The zero-order valence-electron chi connectivity index (χ0n) is 10.7. The van der Waals surface area contributed by atoms with Crippen LogP contribution in [0.25, 0.3) is 0 Å². The third-order valence-corrected chi connectivity index (χ3v) is 4.10. The van der Waals surface area contributed by atoms with Crippen LogP contribution in [0.3, 0.4) is 0 Å². The number of rotatable bonds is 3. The zero-order chi connectivity index (χ0) is 12.3. The van der Waals surface area contributed by atoms with Crippen LogP contribution in [-0.2, 0) is 5.88 Å². The van der Waals surface area contributed by atoms with Gasteiger partial charge in [0.25, 0.3) is 0 Å². The van der Waals surface area contributed by atoms with Gasteiger partial charge in [-0.25, -0.2) is 4.98 Å². The molecule has 0 unspecified atom stereocenters. The van der Waals surface area contributed by atoms with Crippen molar-refractivity contribution >= 4 is 17.4 Å². The number of halogens is 1. The first kappa shape index (κ1) is 12.7. The number of aromatic nitrogens is 1. The summed E-state index contributed by atoms with van der Waals surface area (Å²) in [7, 11) is 2.15. The van der Waals surface area contributed by atoms with Gasteiger partial charge in [0.1, 0.15) is 5.82 Å². The van der Waals surface area contributed by atoms with Crippen LogP contribution in [0.1, 0.15) is 38.3 Å². The first-order valence-corrected chi connectivity index (χ1v) is 6.99. The lowest BCUT2D eigenvalue weighted by molar-refractivity contribution is 0.340. The fourth-order valence-corrected chi connectivity index (χ4v) is 2.70. The molecule has 3 heteroatoms. The molecule has 0 bridgehead atoms. The van der Waals surface area contributed by atoms with Crippen LogP contribution in [0.5, 0.6) is 0 Å². The highest BCUT2D eigenvalue weighted by molar-refractivity contribution is 6.16. The molecule has 1 fully saturated rings. The number of alkyl halides is 1. The zero-order valence-corrected chi connectivity index (χ0v) is 11.5. The molecule has 0 radical (unpaired) electrons. The Kier molecular flexibility index (Phi) is 4.27. The number of nitrogens with zero attached hydrogens (tertiary/aromatic N) is 2. The Morgan fingerprint density at radius 3 is 2.65 bits per heavy atom. The van der Waals surface area contributed by atoms with Crippen molar-refractivity contribution in [3.63, 3.8) is 0 Å². The van der Waals surface area contributed by atoms with E-state index in [0.717, 1.165) is 17.4 Å². The summed E-state index contributed by atoms with van der Waals surface area (Å²) in [6.07, 6.45) is 5.24. The molecule has 0 amide bonds. The highest BCUT2D eigenvalue weighted by atomic mass is 35.5. The Morgan fingerprint density at radius 2 is 2.00 bits per heavy atom. The van der Waals surface area contributed by atoms with Crippen molar-refractivity contribution in [3.05, 3.63) is 23.9 Å². The lowest BCUT2D eigenvalue weighted by Gasteiger charge is -2.34. The fourth-order valence-electron chi connectivity index (χ4n) is 2.55.